The maximum Gasteiger partial charge on any atom is 0.226 e. The van der Waals surface area contributed by atoms with E-state index in [2.05, 4.69) is 5.32 Å². The van der Waals surface area contributed by atoms with Gasteiger partial charge in [-0.25, -0.2) is 0 Å². The Kier molecular flexibility index (Phi) is 4.95. The third kappa shape index (κ3) is 4.56. The number of benzene rings is 1. The Hall–Kier alpha value is -1.55. The van der Waals surface area contributed by atoms with Gasteiger partial charge in [-0.3, -0.25) is 4.79 Å². The number of rotatable bonds is 4. The molecule has 0 saturated carbocycles. The summed E-state index contributed by atoms with van der Waals surface area (Å²) in [7, 11) is 1.59. The number of aryl methyl sites for hydroxylation is 1. The molecule has 1 atom stereocenters. The zero-order valence-electron chi connectivity index (χ0n) is 12.4. The lowest BCUT2D eigenvalue weighted by Gasteiger charge is -2.26. The number of amides is 1. The van der Waals surface area contributed by atoms with Crippen molar-refractivity contribution in [2.45, 2.75) is 40.2 Å². The third-order valence-corrected chi connectivity index (χ3v) is 3.15. The molecule has 0 saturated heterocycles. The zero-order chi connectivity index (χ0) is 14.6. The van der Waals surface area contributed by atoms with E-state index in [4.69, 9.17) is 10.5 Å². The van der Waals surface area contributed by atoms with Gasteiger partial charge in [0.25, 0.3) is 0 Å². The summed E-state index contributed by atoms with van der Waals surface area (Å²) in [6.07, 6.45) is 0.292. The van der Waals surface area contributed by atoms with Crippen LogP contribution in [0, 0.1) is 12.3 Å². The van der Waals surface area contributed by atoms with Gasteiger partial charge in [0, 0.05) is 12.5 Å². The zero-order valence-corrected chi connectivity index (χ0v) is 12.4. The fourth-order valence-electron chi connectivity index (χ4n) is 1.61. The number of hydrogen-bond donors (Lipinski definition) is 2. The van der Waals surface area contributed by atoms with Crippen LogP contribution in [0.4, 0.5) is 5.69 Å². The van der Waals surface area contributed by atoms with Gasteiger partial charge in [-0.15, -0.1) is 0 Å². The van der Waals surface area contributed by atoms with Crippen LogP contribution in [0.1, 0.15) is 32.8 Å². The van der Waals surface area contributed by atoms with E-state index in [0.717, 1.165) is 5.56 Å². The molecule has 0 fully saturated rings. The number of nitrogens with one attached hydrogen (secondary N) is 1. The molecule has 4 nitrogen and oxygen atoms in total. The summed E-state index contributed by atoms with van der Waals surface area (Å²) in [4.78, 5) is 12.0. The van der Waals surface area contributed by atoms with Gasteiger partial charge in [-0.1, -0.05) is 26.8 Å². The van der Waals surface area contributed by atoms with Crippen molar-refractivity contribution in [3.05, 3.63) is 23.8 Å². The first-order valence-electron chi connectivity index (χ1n) is 6.44. The fraction of sp³-hybridized carbons (Fsp3) is 0.533. The van der Waals surface area contributed by atoms with Gasteiger partial charge >= 0.3 is 0 Å². The standard InChI is InChI=1S/C15H24N2O2/c1-10-6-7-11(12(8-10)19-5)17-14(18)9-13(16)15(2,3)4/h6-8,13H,9,16H2,1-5H3,(H,17,18). The van der Waals surface area contributed by atoms with E-state index in [1.54, 1.807) is 7.11 Å². The van der Waals surface area contributed by atoms with E-state index in [1.807, 2.05) is 45.9 Å². The predicted molar refractivity (Wildman–Crippen MR) is 78.4 cm³/mol. The number of methoxy groups -OCH3 is 1. The van der Waals surface area contributed by atoms with E-state index < -0.39 is 0 Å². The Labute approximate surface area is 115 Å². The van der Waals surface area contributed by atoms with Gasteiger partial charge < -0.3 is 15.8 Å². The molecule has 3 N–H and O–H groups in total. The van der Waals surface area contributed by atoms with Gasteiger partial charge in [0.2, 0.25) is 5.91 Å². The summed E-state index contributed by atoms with van der Waals surface area (Å²) >= 11 is 0. The molecule has 0 aliphatic carbocycles. The average molecular weight is 264 g/mol. The molecule has 1 aromatic carbocycles. The molecule has 0 aliphatic rings. The first kappa shape index (κ1) is 15.5. The highest BCUT2D eigenvalue weighted by Gasteiger charge is 2.23. The number of carbonyl (C=O) groups excluding carboxylic acids is 1. The molecule has 1 unspecified atom stereocenters. The van der Waals surface area contributed by atoms with Crippen LogP contribution in [0.25, 0.3) is 0 Å². The summed E-state index contributed by atoms with van der Waals surface area (Å²) in [5.41, 5.74) is 7.68. The van der Waals surface area contributed by atoms with Crippen LogP contribution in [0.2, 0.25) is 0 Å². The Balaban J connectivity index is 2.72. The number of hydrogen-bond acceptors (Lipinski definition) is 3. The molecule has 0 heterocycles. The van der Waals surface area contributed by atoms with Gasteiger partial charge in [0.05, 0.1) is 12.8 Å². The molecule has 1 amide bonds. The summed E-state index contributed by atoms with van der Waals surface area (Å²) in [6, 6.07) is 5.49. The second-order valence-electron chi connectivity index (χ2n) is 5.93. The highest BCUT2D eigenvalue weighted by Crippen LogP contribution is 2.26. The third-order valence-electron chi connectivity index (χ3n) is 3.15. The molecule has 19 heavy (non-hydrogen) atoms. The minimum absolute atomic E-state index is 0.0886. The van der Waals surface area contributed by atoms with Crippen LogP contribution in [0.3, 0.4) is 0 Å². The SMILES string of the molecule is COc1cc(C)ccc1NC(=O)CC(N)C(C)(C)C. The van der Waals surface area contributed by atoms with Crippen LogP contribution in [0.15, 0.2) is 18.2 Å². The topological polar surface area (TPSA) is 64.3 Å². The maximum absolute atomic E-state index is 12.0. The lowest BCUT2D eigenvalue weighted by molar-refractivity contribution is -0.117. The molecule has 1 aromatic rings. The van der Waals surface area contributed by atoms with E-state index in [1.165, 1.54) is 0 Å². The van der Waals surface area contributed by atoms with E-state index in [0.29, 0.717) is 17.9 Å². The maximum atomic E-state index is 12.0. The monoisotopic (exact) mass is 264 g/mol. The van der Waals surface area contributed by atoms with Crippen LogP contribution in [0.5, 0.6) is 5.75 Å². The number of carbonyl (C=O) groups is 1. The van der Waals surface area contributed by atoms with Crippen molar-refractivity contribution in [3.63, 3.8) is 0 Å². The Morgan fingerprint density at radius 1 is 1.42 bits per heavy atom. The summed E-state index contributed by atoms with van der Waals surface area (Å²) in [6.45, 7) is 8.05. The molecule has 0 aromatic heterocycles. The van der Waals surface area contributed by atoms with E-state index >= 15 is 0 Å². The molecule has 0 spiro atoms. The lowest BCUT2D eigenvalue weighted by Crippen LogP contribution is -2.38. The molecule has 4 heteroatoms. The smallest absolute Gasteiger partial charge is 0.226 e. The Morgan fingerprint density at radius 3 is 2.58 bits per heavy atom. The van der Waals surface area contributed by atoms with Crippen molar-refractivity contribution in [3.8, 4) is 5.75 Å². The summed E-state index contributed by atoms with van der Waals surface area (Å²) < 4.78 is 5.25. The van der Waals surface area contributed by atoms with Crippen molar-refractivity contribution in [2.75, 3.05) is 12.4 Å². The van der Waals surface area contributed by atoms with Gasteiger partial charge in [0.1, 0.15) is 5.75 Å². The summed E-state index contributed by atoms with van der Waals surface area (Å²) in [5, 5.41) is 2.85. The van der Waals surface area contributed by atoms with Crippen molar-refractivity contribution >= 4 is 11.6 Å². The first-order chi connectivity index (χ1) is 8.74. The largest absolute Gasteiger partial charge is 0.495 e. The molecule has 106 valence electrons. The van der Waals surface area contributed by atoms with Crippen LogP contribution in [-0.4, -0.2) is 19.1 Å². The van der Waals surface area contributed by atoms with Crippen molar-refractivity contribution in [1.29, 1.82) is 0 Å². The fourth-order valence-corrected chi connectivity index (χ4v) is 1.61. The molecular formula is C15H24N2O2. The molecular weight excluding hydrogens is 240 g/mol. The number of ether oxygens (including phenoxy) is 1. The second-order valence-corrected chi connectivity index (χ2v) is 5.93. The van der Waals surface area contributed by atoms with Crippen LogP contribution >= 0.6 is 0 Å². The Bertz CT molecular complexity index is 450. The first-order valence-corrected chi connectivity index (χ1v) is 6.44. The summed E-state index contributed by atoms with van der Waals surface area (Å²) in [5.74, 6) is 0.572. The normalized spacial score (nSPS) is 12.9. The van der Waals surface area contributed by atoms with Crippen LogP contribution in [-0.2, 0) is 4.79 Å². The van der Waals surface area contributed by atoms with Gasteiger partial charge in [-0.05, 0) is 30.0 Å². The van der Waals surface area contributed by atoms with Crippen molar-refractivity contribution in [2.24, 2.45) is 11.1 Å². The molecule has 0 bridgehead atoms. The highest BCUT2D eigenvalue weighted by atomic mass is 16.5. The van der Waals surface area contributed by atoms with Crippen molar-refractivity contribution < 1.29 is 9.53 Å². The van der Waals surface area contributed by atoms with Gasteiger partial charge in [-0.2, -0.15) is 0 Å². The van der Waals surface area contributed by atoms with E-state index in [9.17, 15) is 4.79 Å². The van der Waals surface area contributed by atoms with Crippen molar-refractivity contribution in [1.82, 2.24) is 0 Å². The van der Waals surface area contributed by atoms with Crippen LogP contribution < -0.4 is 15.8 Å². The highest BCUT2D eigenvalue weighted by molar-refractivity contribution is 5.92. The quantitative estimate of drug-likeness (QED) is 0.878. The minimum Gasteiger partial charge on any atom is -0.495 e. The molecule has 1 rings (SSSR count). The number of nitrogens with two attached hydrogens (primary N) is 1. The van der Waals surface area contributed by atoms with Gasteiger partial charge in [0.15, 0.2) is 0 Å². The Morgan fingerprint density at radius 2 is 2.05 bits per heavy atom. The second kappa shape index (κ2) is 6.06. The average Bonchev–Trinajstić information content (AvgIpc) is 2.30. The number of anilines is 1. The molecule has 0 aliphatic heterocycles. The predicted octanol–water partition coefficient (Wildman–Crippen LogP) is 2.71. The minimum atomic E-state index is -0.177. The lowest BCUT2D eigenvalue weighted by atomic mass is 9.85. The van der Waals surface area contributed by atoms with E-state index in [-0.39, 0.29) is 17.4 Å². The molecule has 0 radical (unpaired) electrons.